The Kier molecular flexibility index (Phi) is 4.09. The number of aryl methyl sites for hydroxylation is 1. The van der Waals surface area contributed by atoms with E-state index in [1.54, 1.807) is 0 Å². The first-order valence-corrected chi connectivity index (χ1v) is 7.06. The van der Waals surface area contributed by atoms with Crippen LogP contribution in [0.15, 0.2) is 24.3 Å². The van der Waals surface area contributed by atoms with Gasteiger partial charge in [-0.05, 0) is 48.8 Å². The lowest BCUT2D eigenvalue weighted by atomic mass is 9.78. The average Bonchev–Trinajstić information content (AvgIpc) is 2.35. The molecule has 2 rings (SSSR count). The van der Waals surface area contributed by atoms with Gasteiger partial charge in [0.05, 0.1) is 0 Å². The lowest BCUT2D eigenvalue weighted by molar-refractivity contribution is 0.268. The van der Waals surface area contributed by atoms with Gasteiger partial charge in [-0.15, -0.1) is 0 Å². The largest absolute Gasteiger partial charge is 0.382 e. The number of rotatable bonds is 3. The summed E-state index contributed by atoms with van der Waals surface area (Å²) < 4.78 is 0. The molecule has 0 amide bonds. The van der Waals surface area contributed by atoms with Gasteiger partial charge in [-0.2, -0.15) is 0 Å². The smallest absolute Gasteiger partial charge is 0.0342 e. The van der Waals surface area contributed by atoms with Crippen molar-refractivity contribution in [2.24, 2.45) is 11.8 Å². The van der Waals surface area contributed by atoms with Gasteiger partial charge in [0.25, 0.3) is 0 Å². The maximum Gasteiger partial charge on any atom is 0.0342 e. The molecule has 1 aromatic carbocycles. The van der Waals surface area contributed by atoms with Gasteiger partial charge in [-0.1, -0.05) is 39.3 Å². The van der Waals surface area contributed by atoms with E-state index in [9.17, 15) is 0 Å². The number of hydrogen-bond donors (Lipinski definition) is 1. The normalized spacial score (nSPS) is 29.0. The highest BCUT2D eigenvalue weighted by molar-refractivity contribution is 5.45. The number of benzene rings is 1. The Morgan fingerprint density at radius 3 is 2.18 bits per heavy atom. The average molecular weight is 231 g/mol. The third kappa shape index (κ3) is 3.02. The van der Waals surface area contributed by atoms with E-state index in [0.717, 1.165) is 18.3 Å². The number of anilines is 1. The van der Waals surface area contributed by atoms with E-state index in [4.69, 9.17) is 0 Å². The van der Waals surface area contributed by atoms with E-state index < -0.39 is 0 Å². The van der Waals surface area contributed by atoms with Gasteiger partial charge in [0.1, 0.15) is 0 Å². The number of nitrogens with one attached hydrogen (secondary N) is 1. The molecule has 0 saturated heterocycles. The molecule has 1 nitrogen and oxygen atoms in total. The molecule has 0 bridgehead atoms. The van der Waals surface area contributed by atoms with Crippen LogP contribution in [0.4, 0.5) is 5.69 Å². The van der Waals surface area contributed by atoms with E-state index in [1.165, 1.54) is 30.5 Å². The molecule has 0 aromatic heterocycles. The van der Waals surface area contributed by atoms with Crippen LogP contribution in [-0.2, 0) is 6.42 Å². The van der Waals surface area contributed by atoms with E-state index in [1.807, 2.05) is 0 Å². The van der Waals surface area contributed by atoms with Crippen LogP contribution in [0.5, 0.6) is 0 Å². The Morgan fingerprint density at radius 2 is 1.65 bits per heavy atom. The maximum absolute atomic E-state index is 3.73. The molecule has 1 aliphatic rings. The lowest BCUT2D eigenvalue weighted by Gasteiger charge is -2.36. The highest BCUT2D eigenvalue weighted by Gasteiger charge is 2.27. The zero-order valence-corrected chi connectivity index (χ0v) is 11.4. The van der Waals surface area contributed by atoms with Crippen molar-refractivity contribution in [2.45, 2.75) is 52.5 Å². The Bertz CT molecular complexity index is 331. The molecular formula is C16H25N. The van der Waals surface area contributed by atoms with Crippen LogP contribution in [0, 0.1) is 11.8 Å². The van der Waals surface area contributed by atoms with Crippen molar-refractivity contribution in [1.82, 2.24) is 0 Å². The van der Waals surface area contributed by atoms with Crippen LogP contribution < -0.4 is 5.32 Å². The highest BCUT2D eigenvalue weighted by atomic mass is 14.9. The highest BCUT2D eigenvalue weighted by Crippen LogP contribution is 2.31. The van der Waals surface area contributed by atoms with Gasteiger partial charge in [0.15, 0.2) is 0 Å². The van der Waals surface area contributed by atoms with Crippen molar-refractivity contribution in [3.8, 4) is 0 Å². The molecule has 94 valence electrons. The van der Waals surface area contributed by atoms with Gasteiger partial charge < -0.3 is 5.32 Å². The van der Waals surface area contributed by atoms with Crippen LogP contribution >= 0.6 is 0 Å². The topological polar surface area (TPSA) is 12.0 Å². The summed E-state index contributed by atoms with van der Waals surface area (Å²) >= 11 is 0. The van der Waals surface area contributed by atoms with E-state index in [2.05, 4.69) is 50.4 Å². The summed E-state index contributed by atoms with van der Waals surface area (Å²) in [6.45, 7) is 6.97. The third-order valence-corrected chi connectivity index (χ3v) is 4.24. The van der Waals surface area contributed by atoms with Gasteiger partial charge in [0, 0.05) is 11.7 Å². The van der Waals surface area contributed by atoms with Gasteiger partial charge in [-0.25, -0.2) is 0 Å². The minimum Gasteiger partial charge on any atom is -0.382 e. The van der Waals surface area contributed by atoms with Crippen molar-refractivity contribution in [2.75, 3.05) is 5.32 Å². The fraction of sp³-hybridized carbons (Fsp3) is 0.625. The zero-order chi connectivity index (χ0) is 12.3. The van der Waals surface area contributed by atoms with Gasteiger partial charge in [0.2, 0.25) is 0 Å². The molecule has 1 saturated carbocycles. The molecule has 0 radical (unpaired) electrons. The SMILES string of the molecule is CCc1ccc(NC2C(C)CCCC2C)cc1. The summed E-state index contributed by atoms with van der Waals surface area (Å²) in [5.74, 6) is 1.59. The Labute approximate surface area is 106 Å². The molecule has 1 aromatic rings. The van der Waals surface area contributed by atoms with Crippen LogP contribution in [0.3, 0.4) is 0 Å². The molecule has 17 heavy (non-hydrogen) atoms. The van der Waals surface area contributed by atoms with Crippen LogP contribution in [-0.4, -0.2) is 6.04 Å². The third-order valence-electron chi connectivity index (χ3n) is 4.24. The van der Waals surface area contributed by atoms with Crippen LogP contribution in [0.1, 0.15) is 45.6 Å². The zero-order valence-electron chi connectivity index (χ0n) is 11.4. The molecule has 1 N–H and O–H groups in total. The molecule has 0 aliphatic heterocycles. The molecule has 1 fully saturated rings. The summed E-state index contributed by atoms with van der Waals surface area (Å²) in [5, 5.41) is 3.73. The van der Waals surface area contributed by atoms with Gasteiger partial charge >= 0.3 is 0 Å². The van der Waals surface area contributed by atoms with Crippen molar-refractivity contribution in [3.63, 3.8) is 0 Å². The van der Waals surface area contributed by atoms with E-state index >= 15 is 0 Å². The summed E-state index contributed by atoms with van der Waals surface area (Å²) in [6.07, 6.45) is 5.26. The van der Waals surface area contributed by atoms with Crippen LogP contribution in [0.2, 0.25) is 0 Å². The fourth-order valence-electron chi connectivity index (χ4n) is 3.00. The molecule has 1 aliphatic carbocycles. The second-order valence-electron chi connectivity index (χ2n) is 5.61. The van der Waals surface area contributed by atoms with E-state index in [-0.39, 0.29) is 0 Å². The molecule has 0 heterocycles. The lowest BCUT2D eigenvalue weighted by Crippen LogP contribution is -2.37. The first kappa shape index (κ1) is 12.5. The van der Waals surface area contributed by atoms with Crippen LogP contribution in [0.25, 0.3) is 0 Å². The summed E-state index contributed by atoms with van der Waals surface area (Å²) in [7, 11) is 0. The summed E-state index contributed by atoms with van der Waals surface area (Å²) in [6, 6.07) is 9.58. The molecule has 0 spiro atoms. The quantitative estimate of drug-likeness (QED) is 0.808. The minimum absolute atomic E-state index is 0.649. The van der Waals surface area contributed by atoms with Crippen molar-refractivity contribution in [1.29, 1.82) is 0 Å². The second kappa shape index (κ2) is 5.57. The summed E-state index contributed by atoms with van der Waals surface area (Å²) in [4.78, 5) is 0. The maximum atomic E-state index is 3.73. The van der Waals surface area contributed by atoms with Gasteiger partial charge in [-0.3, -0.25) is 0 Å². The minimum atomic E-state index is 0.649. The monoisotopic (exact) mass is 231 g/mol. The second-order valence-corrected chi connectivity index (χ2v) is 5.61. The van der Waals surface area contributed by atoms with Crippen molar-refractivity contribution >= 4 is 5.69 Å². The first-order chi connectivity index (χ1) is 8.20. The molecule has 2 atom stereocenters. The standard InChI is InChI=1S/C16H25N/c1-4-14-8-10-15(11-9-14)17-16-12(2)6-5-7-13(16)3/h8-13,16-17H,4-7H2,1-3H3. The first-order valence-electron chi connectivity index (χ1n) is 7.06. The fourth-order valence-corrected chi connectivity index (χ4v) is 3.00. The van der Waals surface area contributed by atoms with Crippen molar-refractivity contribution in [3.05, 3.63) is 29.8 Å². The molecular weight excluding hydrogens is 206 g/mol. The number of hydrogen-bond acceptors (Lipinski definition) is 1. The predicted molar refractivity (Wildman–Crippen MR) is 75.4 cm³/mol. The predicted octanol–water partition coefficient (Wildman–Crippen LogP) is 4.49. The molecule has 1 heteroatoms. The van der Waals surface area contributed by atoms with E-state index in [0.29, 0.717) is 6.04 Å². The Hall–Kier alpha value is -0.980. The summed E-state index contributed by atoms with van der Waals surface area (Å²) in [5.41, 5.74) is 2.70. The molecule has 2 unspecified atom stereocenters. The van der Waals surface area contributed by atoms with Crippen molar-refractivity contribution < 1.29 is 0 Å². The Balaban J connectivity index is 2.03. The Morgan fingerprint density at radius 1 is 1.06 bits per heavy atom.